The summed E-state index contributed by atoms with van der Waals surface area (Å²) in [6.07, 6.45) is 2.01. The third kappa shape index (κ3) is 2.66. The number of anilines is 1. The van der Waals surface area contributed by atoms with Crippen molar-refractivity contribution in [2.75, 3.05) is 25.7 Å². The molecule has 0 bridgehead atoms. The van der Waals surface area contributed by atoms with Gasteiger partial charge < -0.3 is 19.7 Å². The predicted octanol–water partition coefficient (Wildman–Crippen LogP) is 3.05. The summed E-state index contributed by atoms with van der Waals surface area (Å²) in [7, 11) is 1.84. The van der Waals surface area contributed by atoms with Gasteiger partial charge in [0.05, 0.1) is 0 Å². The van der Waals surface area contributed by atoms with Gasteiger partial charge in [-0.1, -0.05) is 12.1 Å². The van der Waals surface area contributed by atoms with E-state index >= 15 is 0 Å². The smallest absolute Gasteiger partial charge is 0.254 e. The SMILES string of the molecule is CN(Cc1ccc2c(c1)OCO2)C(=O)c1cccc2c1CCCN2. The first-order valence-corrected chi connectivity index (χ1v) is 8.22. The lowest BCUT2D eigenvalue weighted by Crippen LogP contribution is -2.28. The summed E-state index contributed by atoms with van der Waals surface area (Å²) in [5, 5.41) is 3.37. The van der Waals surface area contributed by atoms with Crippen molar-refractivity contribution in [1.82, 2.24) is 4.90 Å². The van der Waals surface area contributed by atoms with Crippen molar-refractivity contribution >= 4 is 11.6 Å². The van der Waals surface area contributed by atoms with Gasteiger partial charge in [0, 0.05) is 31.4 Å². The van der Waals surface area contributed by atoms with Crippen molar-refractivity contribution in [3.05, 3.63) is 53.1 Å². The molecule has 0 radical (unpaired) electrons. The predicted molar refractivity (Wildman–Crippen MR) is 91.6 cm³/mol. The molecule has 5 nitrogen and oxygen atoms in total. The lowest BCUT2D eigenvalue weighted by atomic mass is 9.97. The molecule has 2 heterocycles. The maximum Gasteiger partial charge on any atom is 0.254 e. The zero-order valence-corrected chi connectivity index (χ0v) is 13.7. The Morgan fingerprint density at radius 1 is 1.21 bits per heavy atom. The fourth-order valence-electron chi connectivity index (χ4n) is 3.30. The van der Waals surface area contributed by atoms with Gasteiger partial charge in [0.15, 0.2) is 11.5 Å². The molecular weight excluding hydrogens is 304 g/mol. The van der Waals surface area contributed by atoms with Crippen LogP contribution in [0.2, 0.25) is 0 Å². The van der Waals surface area contributed by atoms with Crippen LogP contribution < -0.4 is 14.8 Å². The van der Waals surface area contributed by atoms with E-state index < -0.39 is 0 Å². The molecule has 5 heteroatoms. The molecule has 1 N–H and O–H groups in total. The molecule has 1 amide bonds. The van der Waals surface area contributed by atoms with Crippen molar-refractivity contribution < 1.29 is 14.3 Å². The molecule has 2 aliphatic rings. The van der Waals surface area contributed by atoms with Crippen LogP contribution in [0.15, 0.2) is 36.4 Å². The monoisotopic (exact) mass is 324 g/mol. The molecule has 0 unspecified atom stereocenters. The first kappa shape index (κ1) is 14.9. The second-order valence-corrected chi connectivity index (χ2v) is 6.21. The molecule has 0 atom stereocenters. The van der Waals surface area contributed by atoms with E-state index in [4.69, 9.17) is 9.47 Å². The minimum Gasteiger partial charge on any atom is -0.454 e. The third-order valence-corrected chi connectivity index (χ3v) is 4.53. The van der Waals surface area contributed by atoms with Crippen LogP contribution in [0.4, 0.5) is 5.69 Å². The topological polar surface area (TPSA) is 50.8 Å². The normalized spacial score (nSPS) is 14.7. The highest BCUT2D eigenvalue weighted by molar-refractivity contribution is 5.97. The van der Waals surface area contributed by atoms with Crippen molar-refractivity contribution in [2.45, 2.75) is 19.4 Å². The van der Waals surface area contributed by atoms with E-state index in [-0.39, 0.29) is 12.7 Å². The Bertz CT molecular complexity index is 788. The Kier molecular flexibility index (Phi) is 3.76. The van der Waals surface area contributed by atoms with E-state index in [1.54, 1.807) is 4.90 Å². The zero-order chi connectivity index (χ0) is 16.5. The summed E-state index contributed by atoms with van der Waals surface area (Å²) in [5.41, 5.74) is 4.04. The van der Waals surface area contributed by atoms with Crippen LogP contribution in [0.5, 0.6) is 11.5 Å². The minimum absolute atomic E-state index is 0.0493. The number of carbonyl (C=O) groups excluding carboxylic acids is 1. The van der Waals surface area contributed by atoms with Gasteiger partial charge in [-0.3, -0.25) is 4.79 Å². The van der Waals surface area contributed by atoms with E-state index in [2.05, 4.69) is 5.32 Å². The molecule has 0 aliphatic carbocycles. The average molecular weight is 324 g/mol. The average Bonchev–Trinajstić information content (AvgIpc) is 3.08. The van der Waals surface area contributed by atoms with Crippen LogP contribution in [0, 0.1) is 0 Å². The Morgan fingerprint density at radius 3 is 3.00 bits per heavy atom. The van der Waals surface area contributed by atoms with Gasteiger partial charge in [-0.25, -0.2) is 0 Å². The number of benzene rings is 2. The van der Waals surface area contributed by atoms with Gasteiger partial charge in [-0.05, 0) is 48.2 Å². The third-order valence-electron chi connectivity index (χ3n) is 4.53. The summed E-state index contributed by atoms with van der Waals surface area (Å²) in [5.74, 6) is 1.55. The van der Waals surface area contributed by atoms with Crippen molar-refractivity contribution in [3.63, 3.8) is 0 Å². The van der Waals surface area contributed by atoms with Crippen LogP contribution in [0.3, 0.4) is 0 Å². The highest BCUT2D eigenvalue weighted by Crippen LogP contribution is 2.33. The fourth-order valence-corrected chi connectivity index (χ4v) is 3.30. The summed E-state index contributed by atoms with van der Waals surface area (Å²) in [6, 6.07) is 11.7. The van der Waals surface area contributed by atoms with Crippen LogP contribution in [0.1, 0.15) is 27.9 Å². The maximum absolute atomic E-state index is 12.9. The van der Waals surface area contributed by atoms with Gasteiger partial charge in [0.25, 0.3) is 5.91 Å². The number of hydrogen-bond donors (Lipinski definition) is 1. The van der Waals surface area contributed by atoms with Gasteiger partial charge in [-0.15, -0.1) is 0 Å². The Labute approximate surface area is 141 Å². The first-order chi connectivity index (χ1) is 11.7. The van der Waals surface area contributed by atoms with Crippen molar-refractivity contribution in [1.29, 1.82) is 0 Å². The maximum atomic E-state index is 12.9. The molecule has 24 heavy (non-hydrogen) atoms. The standard InChI is InChI=1S/C19H20N2O3/c1-21(11-13-7-8-17-18(10-13)24-12-23-17)19(22)15-4-2-6-16-14(15)5-3-9-20-16/h2,4,6-8,10,20H,3,5,9,11-12H2,1H3. The zero-order valence-electron chi connectivity index (χ0n) is 13.7. The number of nitrogens with one attached hydrogen (secondary N) is 1. The van der Waals surface area contributed by atoms with E-state index in [0.29, 0.717) is 6.54 Å². The highest BCUT2D eigenvalue weighted by Gasteiger charge is 2.21. The van der Waals surface area contributed by atoms with Crippen LogP contribution in [0.25, 0.3) is 0 Å². The van der Waals surface area contributed by atoms with E-state index in [0.717, 1.165) is 53.3 Å². The van der Waals surface area contributed by atoms with Crippen LogP contribution in [-0.2, 0) is 13.0 Å². The Balaban J connectivity index is 1.54. The molecule has 0 fully saturated rings. The number of ether oxygens (including phenoxy) is 2. The number of fused-ring (bicyclic) bond motifs is 2. The Hall–Kier alpha value is -2.69. The van der Waals surface area contributed by atoms with Crippen molar-refractivity contribution in [3.8, 4) is 11.5 Å². The lowest BCUT2D eigenvalue weighted by Gasteiger charge is -2.23. The molecule has 124 valence electrons. The number of rotatable bonds is 3. The summed E-state index contributed by atoms with van der Waals surface area (Å²) < 4.78 is 10.7. The van der Waals surface area contributed by atoms with E-state index in [1.807, 2.05) is 43.4 Å². The van der Waals surface area contributed by atoms with Crippen LogP contribution in [-0.4, -0.2) is 31.2 Å². The second kappa shape index (κ2) is 6.07. The minimum atomic E-state index is 0.0493. The van der Waals surface area contributed by atoms with E-state index in [1.165, 1.54) is 0 Å². The van der Waals surface area contributed by atoms with Gasteiger partial charge in [0.2, 0.25) is 6.79 Å². The molecule has 0 aromatic heterocycles. The summed E-state index contributed by atoms with van der Waals surface area (Å²) in [6.45, 7) is 1.76. The molecule has 2 aromatic rings. The molecule has 4 rings (SSSR count). The molecule has 0 spiro atoms. The van der Waals surface area contributed by atoms with Gasteiger partial charge in [0.1, 0.15) is 0 Å². The quantitative estimate of drug-likeness (QED) is 0.943. The Morgan fingerprint density at radius 2 is 2.08 bits per heavy atom. The highest BCUT2D eigenvalue weighted by atomic mass is 16.7. The van der Waals surface area contributed by atoms with Gasteiger partial charge in [-0.2, -0.15) is 0 Å². The molecule has 0 saturated carbocycles. The number of nitrogens with zero attached hydrogens (tertiary/aromatic N) is 1. The van der Waals surface area contributed by atoms with E-state index in [9.17, 15) is 4.79 Å². The van der Waals surface area contributed by atoms with Crippen molar-refractivity contribution in [2.24, 2.45) is 0 Å². The largest absolute Gasteiger partial charge is 0.454 e. The van der Waals surface area contributed by atoms with Gasteiger partial charge >= 0.3 is 0 Å². The lowest BCUT2D eigenvalue weighted by molar-refractivity contribution is 0.0784. The molecular formula is C19H20N2O3. The summed E-state index contributed by atoms with van der Waals surface area (Å²) >= 11 is 0. The number of amides is 1. The van der Waals surface area contributed by atoms with Crippen LogP contribution >= 0.6 is 0 Å². The fraction of sp³-hybridized carbons (Fsp3) is 0.316. The number of hydrogen-bond acceptors (Lipinski definition) is 4. The molecule has 2 aromatic carbocycles. The number of carbonyl (C=O) groups is 1. The summed E-state index contributed by atoms with van der Waals surface area (Å²) in [4.78, 5) is 14.6. The second-order valence-electron chi connectivity index (χ2n) is 6.21. The molecule has 2 aliphatic heterocycles. The molecule has 0 saturated heterocycles. The first-order valence-electron chi connectivity index (χ1n) is 8.22.